The summed E-state index contributed by atoms with van der Waals surface area (Å²) < 4.78 is 10.3. The molecule has 1 amide bonds. The van der Waals surface area contributed by atoms with Gasteiger partial charge in [0.15, 0.2) is 5.78 Å². The van der Waals surface area contributed by atoms with Crippen molar-refractivity contribution in [1.29, 1.82) is 0 Å². The zero-order valence-corrected chi connectivity index (χ0v) is 15.1. The standard InChI is InChI=1S/C22H19NO4/c1-26-17-12-10-15(11-13-17)21(24)19-8-3-4-9-20(19)23-22(25)16-6-5-7-18(14-16)27-2/h3-14H,1-2H3,(H,23,25). The number of carbonyl (C=O) groups excluding carboxylic acids is 2. The first-order valence-electron chi connectivity index (χ1n) is 8.35. The van der Waals surface area contributed by atoms with Gasteiger partial charge in [0, 0.05) is 16.7 Å². The van der Waals surface area contributed by atoms with Crippen molar-refractivity contribution < 1.29 is 19.1 Å². The van der Waals surface area contributed by atoms with E-state index in [9.17, 15) is 9.59 Å². The van der Waals surface area contributed by atoms with Gasteiger partial charge in [-0.2, -0.15) is 0 Å². The number of benzene rings is 3. The van der Waals surface area contributed by atoms with Crippen molar-refractivity contribution in [3.8, 4) is 11.5 Å². The number of carbonyl (C=O) groups is 2. The Kier molecular flexibility index (Phi) is 5.52. The van der Waals surface area contributed by atoms with Gasteiger partial charge in [-0.05, 0) is 54.6 Å². The van der Waals surface area contributed by atoms with Gasteiger partial charge in [-0.3, -0.25) is 9.59 Å². The molecule has 1 N–H and O–H groups in total. The number of rotatable bonds is 6. The van der Waals surface area contributed by atoms with Crippen molar-refractivity contribution in [2.24, 2.45) is 0 Å². The van der Waals surface area contributed by atoms with Crippen LogP contribution in [0.25, 0.3) is 0 Å². The average molecular weight is 361 g/mol. The van der Waals surface area contributed by atoms with Gasteiger partial charge in [-0.1, -0.05) is 18.2 Å². The summed E-state index contributed by atoms with van der Waals surface area (Å²) in [6, 6.07) is 20.6. The number of methoxy groups -OCH3 is 2. The first-order valence-corrected chi connectivity index (χ1v) is 8.35. The summed E-state index contributed by atoms with van der Waals surface area (Å²) in [6.07, 6.45) is 0. The molecule has 27 heavy (non-hydrogen) atoms. The SMILES string of the molecule is COc1ccc(C(=O)c2ccccc2NC(=O)c2cccc(OC)c2)cc1. The highest BCUT2D eigenvalue weighted by atomic mass is 16.5. The maximum atomic E-state index is 12.9. The van der Waals surface area contributed by atoms with E-state index in [4.69, 9.17) is 9.47 Å². The molecule has 0 atom stereocenters. The molecule has 0 radical (unpaired) electrons. The molecule has 136 valence electrons. The summed E-state index contributed by atoms with van der Waals surface area (Å²) in [4.78, 5) is 25.5. The van der Waals surface area contributed by atoms with Crippen LogP contribution in [0.5, 0.6) is 11.5 Å². The molecule has 3 aromatic carbocycles. The van der Waals surface area contributed by atoms with E-state index in [0.717, 1.165) is 0 Å². The molecule has 0 aliphatic carbocycles. The summed E-state index contributed by atoms with van der Waals surface area (Å²) in [5, 5.41) is 2.81. The summed E-state index contributed by atoms with van der Waals surface area (Å²) in [6.45, 7) is 0. The Labute approximate surface area is 157 Å². The van der Waals surface area contributed by atoms with Crippen LogP contribution in [-0.4, -0.2) is 25.9 Å². The molecule has 3 rings (SSSR count). The number of hydrogen-bond donors (Lipinski definition) is 1. The minimum atomic E-state index is -0.316. The Bertz CT molecular complexity index is 964. The van der Waals surface area contributed by atoms with Gasteiger partial charge in [0.2, 0.25) is 0 Å². The van der Waals surface area contributed by atoms with E-state index in [1.807, 2.05) is 0 Å². The molecule has 0 aromatic heterocycles. The second kappa shape index (κ2) is 8.19. The predicted octanol–water partition coefficient (Wildman–Crippen LogP) is 4.19. The van der Waals surface area contributed by atoms with Gasteiger partial charge in [0.25, 0.3) is 5.91 Å². The Morgan fingerprint density at radius 3 is 2.15 bits per heavy atom. The third-order valence-electron chi connectivity index (χ3n) is 4.10. The highest BCUT2D eigenvalue weighted by Gasteiger charge is 2.16. The van der Waals surface area contributed by atoms with Crippen LogP contribution >= 0.6 is 0 Å². The predicted molar refractivity (Wildman–Crippen MR) is 104 cm³/mol. The molecule has 0 fully saturated rings. The smallest absolute Gasteiger partial charge is 0.255 e. The van der Waals surface area contributed by atoms with E-state index >= 15 is 0 Å². The summed E-state index contributed by atoms with van der Waals surface area (Å²) >= 11 is 0. The topological polar surface area (TPSA) is 64.6 Å². The van der Waals surface area contributed by atoms with Crippen LogP contribution in [0, 0.1) is 0 Å². The summed E-state index contributed by atoms with van der Waals surface area (Å²) in [5.74, 6) is 0.763. The van der Waals surface area contributed by atoms with Crippen molar-refractivity contribution in [3.05, 3.63) is 89.5 Å². The number of ether oxygens (including phenoxy) is 2. The van der Waals surface area contributed by atoms with E-state index in [-0.39, 0.29) is 11.7 Å². The largest absolute Gasteiger partial charge is 0.497 e. The van der Waals surface area contributed by atoms with Crippen LogP contribution < -0.4 is 14.8 Å². The van der Waals surface area contributed by atoms with Crippen LogP contribution in [-0.2, 0) is 0 Å². The molecule has 0 bridgehead atoms. The fourth-order valence-corrected chi connectivity index (χ4v) is 2.65. The van der Waals surface area contributed by atoms with Gasteiger partial charge in [0.05, 0.1) is 19.9 Å². The molecule has 0 aliphatic heterocycles. The van der Waals surface area contributed by atoms with Crippen molar-refractivity contribution >= 4 is 17.4 Å². The Morgan fingerprint density at radius 1 is 0.741 bits per heavy atom. The lowest BCUT2D eigenvalue weighted by atomic mass is 10.0. The lowest BCUT2D eigenvalue weighted by molar-refractivity contribution is 0.102. The molecular formula is C22H19NO4. The molecule has 0 unspecified atom stereocenters. The monoisotopic (exact) mass is 361 g/mol. The van der Waals surface area contributed by atoms with E-state index < -0.39 is 0 Å². The second-order valence-electron chi connectivity index (χ2n) is 5.79. The fraction of sp³-hybridized carbons (Fsp3) is 0.0909. The molecular weight excluding hydrogens is 342 g/mol. The zero-order chi connectivity index (χ0) is 19.2. The van der Waals surface area contributed by atoms with Crippen LogP contribution in [0.2, 0.25) is 0 Å². The first-order chi connectivity index (χ1) is 13.1. The maximum absolute atomic E-state index is 12.9. The highest BCUT2D eigenvalue weighted by Crippen LogP contribution is 2.22. The molecule has 5 heteroatoms. The van der Waals surface area contributed by atoms with Gasteiger partial charge < -0.3 is 14.8 Å². The zero-order valence-electron chi connectivity index (χ0n) is 15.1. The van der Waals surface area contributed by atoms with Crippen LogP contribution in [0.3, 0.4) is 0 Å². The molecule has 0 saturated carbocycles. The van der Waals surface area contributed by atoms with Crippen LogP contribution in [0.4, 0.5) is 5.69 Å². The minimum Gasteiger partial charge on any atom is -0.497 e. The lowest BCUT2D eigenvalue weighted by Gasteiger charge is -2.11. The van der Waals surface area contributed by atoms with Crippen molar-refractivity contribution in [3.63, 3.8) is 0 Å². The summed E-state index contributed by atoms with van der Waals surface area (Å²) in [7, 11) is 3.11. The number of nitrogens with one attached hydrogen (secondary N) is 1. The Balaban J connectivity index is 1.86. The third-order valence-corrected chi connectivity index (χ3v) is 4.10. The van der Waals surface area contributed by atoms with E-state index in [1.165, 1.54) is 0 Å². The molecule has 0 spiro atoms. The first kappa shape index (κ1) is 18.2. The number of amides is 1. The number of anilines is 1. The summed E-state index contributed by atoms with van der Waals surface area (Å²) in [5.41, 5.74) is 1.82. The number of para-hydroxylation sites is 1. The van der Waals surface area contributed by atoms with Gasteiger partial charge >= 0.3 is 0 Å². The molecule has 3 aromatic rings. The molecule has 0 heterocycles. The third kappa shape index (κ3) is 4.15. The Morgan fingerprint density at radius 2 is 1.44 bits per heavy atom. The van der Waals surface area contributed by atoms with E-state index in [0.29, 0.717) is 33.9 Å². The van der Waals surface area contributed by atoms with Crippen LogP contribution in [0.1, 0.15) is 26.3 Å². The highest BCUT2D eigenvalue weighted by molar-refractivity contribution is 6.15. The fourth-order valence-electron chi connectivity index (χ4n) is 2.65. The molecule has 0 saturated heterocycles. The quantitative estimate of drug-likeness (QED) is 0.669. The van der Waals surface area contributed by atoms with Crippen molar-refractivity contribution in [2.45, 2.75) is 0 Å². The maximum Gasteiger partial charge on any atom is 0.255 e. The van der Waals surface area contributed by atoms with Crippen molar-refractivity contribution in [1.82, 2.24) is 0 Å². The molecule has 0 aliphatic rings. The van der Waals surface area contributed by atoms with Gasteiger partial charge in [-0.25, -0.2) is 0 Å². The van der Waals surface area contributed by atoms with Crippen molar-refractivity contribution in [2.75, 3.05) is 19.5 Å². The molecule has 5 nitrogen and oxygen atoms in total. The lowest BCUT2D eigenvalue weighted by Crippen LogP contribution is -2.15. The van der Waals surface area contributed by atoms with E-state index in [2.05, 4.69) is 5.32 Å². The number of hydrogen-bond acceptors (Lipinski definition) is 4. The number of ketones is 1. The van der Waals surface area contributed by atoms with E-state index in [1.54, 1.807) is 87.0 Å². The Hall–Kier alpha value is -3.60. The second-order valence-corrected chi connectivity index (χ2v) is 5.79. The van der Waals surface area contributed by atoms with Gasteiger partial charge in [0.1, 0.15) is 11.5 Å². The minimum absolute atomic E-state index is 0.181. The normalized spacial score (nSPS) is 10.1. The average Bonchev–Trinajstić information content (AvgIpc) is 2.73. The van der Waals surface area contributed by atoms with Gasteiger partial charge in [-0.15, -0.1) is 0 Å². The van der Waals surface area contributed by atoms with Crippen LogP contribution in [0.15, 0.2) is 72.8 Å².